The van der Waals surface area contributed by atoms with E-state index >= 15 is 0 Å². The molecule has 1 atom stereocenters. The molecule has 3 aromatic rings. The van der Waals surface area contributed by atoms with E-state index in [4.69, 9.17) is 25.6 Å². The van der Waals surface area contributed by atoms with Crippen LogP contribution in [-0.4, -0.2) is 59.7 Å². The lowest BCUT2D eigenvalue weighted by Crippen LogP contribution is -2.47. The first-order chi connectivity index (χ1) is 17.7. The van der Waals surface area contributed by atoms with Gasteiger partial charge in [-0.1, -0.05) is 35.9 Å². The molecule has 2 N–H and O–H groups in total. The van der Waals surface area contributed by atoms with Gasteiger partial charge >= 0.3 is 17.8 Å². The number of aliphatic hydroxyl groups is 1. The number of hydrazine groups is 1. The first kappa shape index (κ1) is 27.6. The Labute approximate surface area is 215 Å². The molecule has 3 rings (SSSR count). The van der Waals surface area contributed by atoms with Gasteiger partial charge in [0, 0.05) is 24.1 Å². The lowest BCUT2D eigenvalue weighted by molar-refractivity contribution is -0.173. The predicted molar refractivity (Wildman–Crippen MR) is 127 cm³/mol. The number of carbonyl (C=O) groups excluding carboxylic acids is 3. The Hall–Kier alpha value is -4.00. The molecular formula is C24H23ClFN3O8. The molecule has 0 aliphatic carbocycles. The monoisotopic (exact) mass is 535 g/mol. The zero-order valence-electron chi connectivity index (χ0n) is 19.8. The van der Waals surface area contributed by atoms with Crippen molar-refractivity contribution in [3.05, 3.63) is 70.7 Å². The van der Waals surface area contributed by atoms with E-state index in [1.165, 1.54) is 36.4 Å². The van der Waals surface area contributed by atoms with Gasteiger partial charge in [-0.15, -0.1) is 0 Å². The molecule has 0 saturated heterocycles. The molecule has 196 valence electrons. The molecule has 0 aliphatic heterocycles. The van der Waals surface area contributed by atoms with E-state index in [0.717, 1.165) is 6.92 Å². The summed E-state index contributed by atoms with van der Waals surface area (Å²) < 4.78 is 33.2. The van der Waals surface area contributed by atoms with Crippen LogP contribution in [0.15, 0.2) is 53.1 Å². The number of carbonyl (C=O) groups is 3. The Morgan fingerprint density at radius 2 is 1.89 bits per heavy atom. The number of ether oxygens (including phenoxy) is 3. The molecule has 13 heteroatoms. The highest BCUT2D eigenvalue weighted by molar-refractivity contribution is 6.30. The van der Waals surface area contributed by atoms with Crippen LogP contribution in [0.3, 0.4) is 0 Å². The molecule has 0 aliphatic rings. The van der Waals surface area contributed by atoms with E-state index in [1.807, 2.05) is 0 Å². The van der Waals surface area contributed by atoms with Crippen LogP contribution in [0.4, 0.5) is 4.39 Å². The highest BCUT2D eigenvalue weighted by Crippen LogP contribution is 2.26. The normalized spacial score (nSPS) is 11.6. The van der Waals surface area contributed by atoms with Crippen LogP contribution < -0.4 is 10.2 Å². The molecule has 0 spiro atoms. The Bertz CT molecular complexity index is 1250. The summed E-state index contributed by atoms with van der Waals surface area (Å²) in [6, 6.07) is 12.2. The molecular weight excluding hydrogens is 513 g/mol. The van der Waals surface area contributed by atoms with Crippen molar-refractivity contribution in [3.8, 4) is 17.0 Å². The van der Waals surface area contributed by atoms with Crippen molar-refractivity contribution in [3.63, 3.8) is 0 Å². The largest absolute Gasteiger partial charge is 0.479 e. The van der Waals surface area contributed by atoms with Gasteiger partial charge in [0.25, 0.3) is 5.88 Å². The van der Waals surface area contributed by atoms with E-state index in [0.29, 0.717) is 21.7 Å². The number of aromatic nitrogens is 1. The highest BCUT2D eigenvalue weighted by atomic mass is 35.5. The molecule has 1 heterocycles. The Morgan fingerprint density at radius 3 is 2.54 bits per heavy atom. The molecule has 2 aromatic carbocycles. The third-order valence-corrected chi connectivity index (χ3v) is 5.11. The van der Waals surface area contributed by atoms with Gasteiger partial charge in [-0.05, 0) is 34.5 Å². The summed E-state index contributed by atoms with van der Waals surface area (Å²) in [4.78, 5) is 35.5. The smallest absolute Gasteiger partial charge is 0.339 e. The standard InChI is InChI=1S/C24H23ClFN3O8/c1-14(30)35-13-36-24(33)20(31)12-29(27-23(32)21-10-22(34-2)28-37-21)11-15-3-5-16(6-4-15)18-9-17(25)7-8-19(18)26/h3-10,20,31H,11-13H2,1-2H3,(H,27,32). The van der Waals surface area contributed by atoms with E-state index < -0.39 is 43.1 Å². The quantitative estimate of drug-likeness (QED) is 0.214. The van der Waals surface area contributed by atoms with Crippen LogP contribution >= 0.6 is 11.6 Å². The van der Waals surface area contributed by atoms with Gasteiger partial charge in [-0.3, -0.25) is 15.0 Å². The van der Waals surface area contributed by atoms with Crippen molar-refractivity contribution in [1.29, 1.82) is 0 Å². The SMILES string of the molecule is COc1cc(C(=O)NN(Cc2ccc(-c3cc(Cl)ccc3F)cc2)CC(O)C(=O)OCOC(C)=O)on1. The number of esters is 2. The van der Waals surface area contributed by atoms with Crippen molar-refractivity contribution in [2.75, 3.05) is 20.4 Å². The Morgan fingerprint density at radius 1 is 1.16 bits per heavy atom. The van der Waals surface area contributed by atoms with Crippen molar-refractivity contribution >= 4 is 29.4 Å². The Kier molecular flexibility index (Phi) is 9.55. The van der Waals surface area contributed by atoms with E-state index in [-0.39, 0.29) is 18.2 Å². The zero-order valence-corrected chi connectivity index (χ0v) is 20.5. The highest BCUT2D eigenvalue weighted by Gasteiger charge is 2.24. The summed E-state index contributed by atoms with van der Waals surface area (Å²) in [5.41, 5.74) is 4.04. The predicted octanol–water partition coefficient (Wildman–Crippen LogP) is 2.71. The number of aliphatic hydroxyl groups excluding tert-OH is 1. The molecule has 0 fully saturated rings. The topological polar surface area (TPSA) is 140 Å². The van der Waals surface area contributed by atoms with Crippen molar-refractivity contribution < 1.29 is 42.6 Å². The van der Waals surface area contributed by atoms with Gasteiger partial charge in [-0.2, -0.15) is 0 Å². The summed E-state index contributed by atoms with van der Waals surface area (Å²) in [6.45, 7) is 0.0766. The molecule has 1 unspecified atom stereocenters. The molecule has 0 bridgehead atoms. The zero-order chi connectivity index (χ0) is 26.9. The maximum atomic E-state index is 14.2. The minimum Gasteiger partial charge on any atom is -0.479 e. The number of methoxy groups -OCH3 is 1. The lowest BCUT2D eigenvalue weighted by Gasteiger charge is -2.24. The summed E-state index contributed by atoms with van der Waals surface area (Å²) in [5, 5.41) is 15.5. The van der Waals surface area contributed by atoms with Crippen LogP contribution in [0.1, 0.15) is 23.0 Å². The second kappa shape index (κ2) is 12.8. The van der Waals surface area contributed by atoms with Gasteiger partial charge in [0.1, 0.15) is 5.82 Å². The fourth-order valence-corrected chi connectivity index (χ4v) is 3.26. The van der Waals surface area contributed by atoms with Crippen molar-refractivity contribution in [2.24, 2.45) is 0 Å². The minimum atomic E-state index is -1.71. The average Bonchev–Trinajstić information content (AvgIpc) is 3.35. The number of rotatable bonds is 11. The van der Waals surface area contributed by atoms with E-state index in [1.54, 1.807) is 24.3 Å². The van der Waals surface area contributed by atoms with Gasteiger partial charge in [0.2, 0.25) is 12.6 Å². The van der Waals surface area contributed by atoms with Crippen LogP contribution in [-0.2, 0) is 25.6 Å². The van der Waals surface area contributed by atoms with Crippen LogP contribution in [0.5, 0.6) is 5.88 Å². The lowest BCUT2D eigenvalue weighted by atomic mass is 10.0. The van der Waals surface area contributed by atoms with Crippen molar-refractivity contribution in [2.45, 2.75) is 19.6 Å². The number of benzene rings is 2. The second-order valence-electron chi connectivity index (χ2n) is 7.61. The average molecular weight is 536 g/mol. The van der Waals surface area contributed by atoms with Gasteiger partial charge in [0.05, 0.1) is 19.7 Å². The maximum Gasteiger partial charge on any atom is 0.339 e. The molecule has 0 radical (unpaired) electrons. The first-order valence-corrected chi connectivity index (χ1v) is 11.1. The number of nitrogens with one attached hydrogen (secondary N) is 1. The molecule has 11 nitrogen and oxygen atoms in total. The number of hydrogen-bond donors (Lipinski definition) is 2. The van der Waals surface area contributed by atoms with E-state index in [9.17, 15) is 23.9 Å². The maximum absolute atomic E-state index is 14.2. The van der Waals surface area contributed by atoms with Crippen molar-refractivity contribution in [1.82, 2.24) is 15.6 Å². The van der Waals surface area contributed by atoms with Crippen LogP contribution in [0, 0.1) is 5.82 Å². The fourth-order valence-electron chi connectivity index (χ4n) is 3.09. The summed E-state index contributed by atoms with van der Waals surface area (Å²) in [6.07, 6.45) is -1.71. The third kappa shape index (κ3) is 8.00. The van der Waals surface area contributed by atoms with E-state index in [2.05, 4.69) is 15.3 Å². The summed E-state index contributed by atoms with van der Waals surface area (Å²) in [7, 11) is 1.35. The molecule has 0 saturated carbocycles. The number of nitrogens with zero attached hydrogens (tertiary/aromatic N) is 2. The number of amides is 1. The summed E-state index contributed by atoms with van der Waals surface area (Å²) >= 11 is 5.98. The van der Waals surface area contributed by atoms with Gasteiger partial charge in [0.15, 0.2) is 6.10 Å². The number of hydrogen-bond acceptors (Lipinski definition) is 10. The fraction of sp³-hybridized carbons (Fsp3) is 0.250. The summed E-state index contributed by atoms with van der Waals surface area (Å²) in [5.74, 6) is -3.01. The minimum absolute atomic E-state index is 0.0175. The first-order valence-electron chi connectivity index (χ1n) is 10.8. The van der Waals surface area contributed by atoms with Crippen LogP contribution in [0.25, 0.3) is 11.1 Å². The molecule has 1 aromatic heterocycles. The third-order valence-electron chi connectivity index (χ3n) is 4.88. The molecule has 1 amide bonds. The van der Waals surface area contributed by atoms with Gasteiger partial charge in [-0.25, -0.2) is 14.2 Å². The van der Waals surface area contributed by atoms with Crippen LogP contribution in [0.2, 0.25) is 5.02 Å². The Balaban J connectivity index is 1.74. The van der Waals surface area contributed by atoms with Gasteiger partial charge < -0.3 is 23.8 Å². The number of halogens is 2. The molecule has 37 heavy (non-hydrogen) atoms. The second-order valence-corrected chi connectivity index (χ2v) is 8.05.